The highest BCUT2D eigenvalue weighted by Crippen LogP contribution is 2.35. The normalized spacial score (nSPS) is 24.5. The first kappa shape index (κ1) is 10.5. The van der Waals surface area contributed by atoms with Crippen LogP contribution in [-0.4, -0.2) is 18.6 Å². The van der Waals surface area contributed by atoms with Gasteiger partial charge in [0.2, 0.25) is 0 Å². The van der Waals surface area contributed by atoms with Crippen molar-refractivity contribution in [2.75, 3.05) is 18.0 Å². The Morgan fingerprint density at radius 2 is 2.00 bits per heavy atom. The number of hydrogen-bond donors (Lipinski definition) is 1. The minimum Gasteiger partial charge on any atom is -0.366 e. The molecule has 0 saturated carbocycles. The van der Waals surface area contributed by atoms with Gasteiger partial charge in [-0.2, -0.15) is 0 Å². The molecule has 0 aromatic heterocycles. The minimum absolute atomic E-state index is 0.241. The molecule has 2 rings (SSSR count). The summed E-state index contributed by atoms with van der Waals surface area (Å²) in [7, 11) is 0. The predicted molar refractivity (Wildman–Crippen MR) is 65.0 cm³/mol. The van der Waals surface area contributed by atoms with Gasteiger partial charge < -0.3 is 10.6 Å². The Morgan fingerprint density at radius 1 is 1.33 bits per heavy atom. The highest BCUT2D eigenvalue weighted by molar-refractivity contribution is 5.50. The lowest BCUT2D eigenvalue weighted by Gasteiger charge is -2.33. The van der Waals surface area contributed by atoms with E-state index in [0.29, 0.717) is 5.92 Å². The summed E-state index contributed by atoms with van der Waals surface area (Å²) >= 11 is 0. The zero-order valence-electron chi connectivity index (χ0n) is 9.61. The molecule has 15 heavy (non-hydrogen) atoms. The maximum absolute atomic E-state index is 5.77. The van der Waals surface area contributed by atoms with Gasteiger partial charge in [-0.25, -0.2) is 0 Å². The molecular formula is C13H20N2. The van der Waals surface area contributed by atoms with Gasteiger partial charge in [-0.15, -0.1) is 0 Å². The predicted octanol–water partition coefficient (Wildman–Crippen LogP) is 2.25. The van der Waals surface area contributed by atoms with E-state index in [1.807, 2.05) is 0 Å². The molecule has 0 amide bonds. The lowest BCUT2D eigenvalue weighted by molar-refractivity contribution is 0.476. The lowest BCUT2D eigenvalue weighted by Crippen LogP contribution is -2.38. The first-order valence-electron chi connectivity index (χ1n) is 5.66. The minimum atomic E-state index is 0.241. The van der Waals surface area contributed by atoms with Gasteiger partial charge in [-0.3, -0.25) is 0 Å². The zero-order chi connectivity index (χ0) is 10.9. The van der Waals surface area contributed by atoms with Crippen LogP contribution in [0.25, 0.3) is 0 Å². The van der Waals surface area contributed by atoms with Crippen molar-refractivity contribution in [1.29, 1.82) is 0 Å². The molecule has 1 atom stereocenters. The maximum atomic E-state index is 5.77. The maximum Gasteiger partial charge on any atom is 0.0370 e. The summed E-state index contributed by atoms with van der Waals surface area (Å²) in [6.07, 6.45) is 1.19. The molecule has 82 valence electrons. The quantitative estimate of drug-likeness (QED) is 0.800. The Labute approximate surface area is 92.1 Å². The van der Waals surface area contributed by atoms with E-state index < -0.39 is 0 Å². The van der Waals surface area contributed by atoms with Crippen LogP contribution < -0.4 is 10.6 Å². The van der Waals surface area contributed by atoms with Gasteiger partial charge in [0.05, 0.1) is 0 Å². The van der Waals surface area contributed by atoms with Gasteiger partial charge in [-0.1, -0.05) is 18.2 Å². The molecule has 1 heterocycles. The zero-order valence-corrected chi connectivity index (χ0v) is 9.61. The largest absolute Gasteiger partial charge is 0.366 e. The van der Waals surface area contributed by atoms with E-state index in [9.17, 15) is 0 Å². The van der Waals surface area contributed by atoms with E-state index in [1.54, 1.807) is 0 Å². The van der Waals surface area contributed by atoms with E-state index in [-0.39, 0.29) is 5.54 Å². The van der Waals surface area contributed by atoms with Crippen LogP contribution in [0.5, 0.6) is 0 Å². The molecular weight excluding hydrogens is 184 g/mol. The van der Waals surface area contributed by atoms with Gasteiger partial charge in [0.15, 0.2) is 0 Å². The van der Waals surface area contributed by atoms with Crippen LogP contribution in [0.1, 0.15) is 20.3 Å². The van der Waals surface area contributed by atoms with Crippen molar-refractivity contribution in [1.82, 2.24) is 0 Å². The summed E-state index contributed by atoms with van der Waals surface area (Å²) in [6, 6.07) is 10.6. The van der Waals surface area contributed by atoms with Crippen LogP contribution in [-0.2, 0) is 0 Å². The molecule has 0 radical (unpaired) electrons. The van der Waals surface area contributed by atoms with E-state index in [0.717, 1.165) is 13.1 Å². The smallest absolute Gasteiger partial charge is 0.0370 e. The average molecular weight is 204 g/mol. The molecule has 1 unspecified atom stereocenters. The topological polar surface area (TPSA) is 29.3 Å². The third kappa shape index (κ3) is 2.00. The van der Waals surface area contributed by atoms with Crippen LogP contribution in [0.3, 0.4) is 0 Å². The first-order chi connectivity index (χ1) is 7.13. The van der Waals surface area contributed by atoms with Crippen molar-refractivity contribution >= 4 is 5.69 Å². The molecule has 2 heteroatoms. The Kier molecular flexibility index (Phi) is 2.70. The van der Waals surface area contributed by atoms with Crippen molar-refractivity contribution in [3.8, 4) is 0 Å². The van der Waals surface area contributed by atoms with Crippen molar-refractivity contribution in [3.63, 3.8) is 0 Å². The fourth-order valence-corrected chi connectivity index (χ4v) is 2.61. The number of rotatable bonds is 2. The highest BCUT2D eigenvalue weighted by atomic mass is 15.2. The molecule has 1 saturated heterocycles. The molecule has 2 nitrogen and oxygen atoms in total. The summed E-state index contributed by atoms with van der Waals surface area (Å²) in [5.74, 6) is 0.639. The van der Waals surface area contributed by atoms with E-state index in [2.05, 4.69) is 49.1 Å². The molecule has 1 aliphatic rings. The number of para-hydroxylation sites is 1. The van der Waals surface area contributed by atoms with Crippen LogP contribution >= 0.6 is 0 Å². The number of hydrogen-bond acceptors (Lipinski definition) is 2. The second-order valence-corrected chi connectivity index (χ2v) is 5.06. The van der Waals surface area contributed by atoms with Gasteiger partial charge in [0, 0.05) is 17.8 Å². The summed E-state index contributed by atoms with van der Waals surface area (Å²) in [5.41, 5.74) is 7.33. The molecule has 1 aromatic carbocycles. The summed E-state index contributed by atoms with van der Waals surface area (Å²) in [4.78, 5) is 2.48. The summed E-state index contributed by atoms with van der Waals surface area (Å²) in [6.45, 7) is 6.49. The van der Waals surface area contributed by atoms with Gasteiger partial charge in [0.25, 0.3) is 0 Å². The second-order valence-electron chi connectivity index (χ2n) is 5.06. The van der Waals surface area contributed by atoms with Gasteiger partial charge >= 0.3 is 0 Å². The van der Waals surface area contributed by atoms with Crippen molar-refractivity contribution < 1.29 is 0 Å². The fourth-order valence-electron chi connectivity index (χ4n) is 2.61. The Balaban J connectivity index is 2.23. The molecule has 0 bridgehead atoms. The molecule has 1 fully saturated rings. The number of benzene rings is 1. The molecule has 2 N–H and O–H groups in total. The SMILES string of the molecule is CC1(C)CC(CN)CN1c1ccccc1. The van der Waals surface area contributed by atoms with Gasteiger partial charge in [-0.05, 0) is 44.9 Å². The summed E-state index contributed by atoms with van der Waals surface area (Å²) in [5, 5.41) is 0. The highest BCUT2D eigenvalue weighted by Gasteiger charge is 2.37. The molecule has 1 aromatic rings. The average Bonchev–Trinajstić information content (AvgIpc) is 2.55. The molecule has 0 spiro atoms. The fraction of sp³-hybridized carbons (Fsp3) is 0.538. The van der Waals surface area contributed by atoms with Crippen LogP contribution in [0.2, 0.25) is 0 Å². The van der Waals surface area contributed by atoms with Gasteiger partial charge in [0.1, 0.15) is 0 Å². The Bertz CT molecular complexity index is 319. The van der Waals surface area contributed by atoms with E-state index in [4.69, 9.17) is 5.73 Å². The molecule has 0 aliphatic carbocycles. The third-order valence-corrected chi connectivity index (χ3v) is 3.36. The van der Waals surface area contributed by atoms with Crippen LogP contribution in [0.15, 0.2) is 30.3 Å². The van der Waals surface area contributed by atoms with Crippen molar-refractivity contribution in [2.45, 2.75) is 25.8 Å². The monoisotopic (exact) mass is 204 g/mol. The van der Waals surface area contributed by atoms with Crippen molar-refractivity contribution in [3.05, 3.63) is 30.3 Å². The van der Waals surface area contributed by atoms with E-state index in [1.165, 1.54) is 12.1 Å². The van der Waals surface area contributed by atoms with Crippen molar-refractivity contribution in [2.24, 2.45) is 11.7 Å². The lowest BCUT2D eigenvalue weighted by atomic mass is 9.96. The Hall–Kier alpha value is -1.02. The first-order valence-corrected chi connectivity index (χ1v) is 5.66. The number of nitrogens with zero attached hydrogens (tertiary/aromatic N) is 1. The Morgan fingerprint density at radius 3 is 2.53 bits per heavy atom. The summed E-state index contributed by atoms with van der Waals surface area (Å²) < 4.78 is 0. The molecule has 1 aliphatic heterocycles. The van der Waals surface area contributed by atoms with Crippen LogP contribution in [0.4, 0.5) is 5.69 Å². The third-order valence-electron chi connectivity index (χ3n) is 3.36. The second kappa shape index (κ2) is 3.86. The van der Waals surface area contributed by atoms with E-state index >= 15 is 0 Å². The number of nitrogens with two attached hydrogens (primary N) is 1. The number of anilines is 1. The van der Waals surface area contributed by atoms with Crippen LogP contribution in [0, 0.1) is 5.92 Å². The standard InChI is InChI=1S/C13H20N2/c1-13(2)8-11(9-14)10-15(13)12-6-4-3-5-7-12/h3-7,11H,8-10,14H2,1-2H3.